The predicted octanol–water partition coefficient (Wildman–Crippen LogP) is 6.05. The van der Waals surface area contributed by atoms with Crippen LogP contribution in [0.25, 0.3) is 33.6 Å². The quantitative estimate of drug-likeness (QED) is 0.389. The minimum absolute atomic E-state index is 0.226. The summed E-state index contributed by atoms with van der Waals surface area (Å²) in [6.07, 6.45) is 0.692. The van der Waals surface area contributed by atoms with Crippen molar-refractivity contribution in [2.24, 2.45) is 0 Å². The summed E-state index contributed by atoms with van der Waals surface area (Å²) in [5.41, 5.74) is 7.88. The SMILES string of the molecule is Oc1cccc(-c2cc(-c3ccc(Cl)cc3)nc3c2Cc2cc(O)ccc2-3)c1. The minimum Gasteiger partial charge on any atom is -0.508 e. The molecule has 3 aromatic carbocycles. The van der Waals surface area contributed by atoms with Crippen LogP contribution < -0.4 is 0 Å². The molecule has 0 fully saturated rings. The highest BCUT2D eigenvalue weighted by molar-refractivity contribution is 6.30. The number of aromatic nitrogens is 1. The zero-order chi connectivity index (χ0) is 19.3. The zero-order valence-corrected chi connectivity index (χ0v) is 15.6. The third kappa shape index (κ3) is 2.81. The lowest BCUT2D eigenvalue weighted by Crippen LogP contribution is -1.94. The van der Waals surface area contributed by atoms with E-state index in [9.17, 15) is 10.2 Å². The maximum Gasteiger partial charge on any atom is 0.116 e. The van der Waals surface area contributed by atoms with E-state index in [4.69, 9.17) is 16.6 Å². The van der Waals surface area contributed by atoms with Crippen LogP contribution in [0.5, 0.6) is 11.5 Å². The number of halogens is 1. The molecule has 1 aromatic heterocycles. The molecule has 28 heavy (non-hydrogen) atoms. The van der Waals surface area contributed by atoms with Crippen molar-refractivity contribution in [2.45, 2.75) is 6.42 Å². The molecule has 0 aliphatic heterocycles. The number of fused-ring (bicyclic) bond motifs is 3. The predicted molar refractivity (Wildman–Crippen MR) is 112 cm³/mol. The zero-order valence-electron chi connectivity index (χ0n) is 14.9. The van der Waals surface area contributed by atoms with Gasteiger partial charge in [-0.3, -0.25) is 0 Å². The van der Waals surface area contributed by atoms with Crippen LogP contribution in [0, 0.1) is 0 Å². The number of pyridine rings is 1. The van der Waals surface area contributed by atoms with Crippen LogP contribution in [0.3, 0.4) is 0 Å². The van der Waals surface area contributed by atoms with Gasteiger partial charge in [-0.25, -0.2) is 4.98 Å². The fourth-order valence-corrected chi connectivity index (χ4v) is 3.95. The Bertz CT molecular complexity index is 1220. The molecule has 0 saturated heterocycles. The molecule has 0 amide bonds. The molecule has 1 aliphatic carbocycles. The molecule has 4 heteroatoms. The van der Waals surface area contributed by atoms with Crippen molar-refractivity contribution in [3.05, 3.63) is 88.9 Å². The van der Waals surface area contributed by atoms with Gasteiger partial charge in [-0.1, -0.05) is 35.9 Å². The lowest BCUT2D eigenvalue weighted by atomic mass is 9.96. The summed E-state index contributed by atoms with van der Waals surface area (Å²) in [7, 11) is 0. The largest absolute Gasteiger partial charge is 0.508 e. The van der Waals surface area contributed by atoms with E-state index in [-0.39, 0.29) is 11.5 Å². The summed E-state index contributed by atoms with van der Waals surface area (Å²) in [6.45, 7) is 0. The number of benzene rings is 3. The Morgan fingerprint density at radius 2 is 1.54 bits per heavy atom. The molecule has 0 unspecified atom stereocenters. The van der Waals surface area contributed by atoms with Crippen LogP contribution >= 0.6 is 11.6 Å². The van der Waals surface area contributed by atoms with Crippen LogP contribution in [0.4, 0.5) is 0 Å². The molecule has 5 rings (SSSR count). The second-order valence-corrected chi connectivity index (χ2v) is 7.39. The van der Waals surface area contributed by atoms with E-state index in [1.807, 2.05) is 42.5 Å². The second-order valence-electron chi connectivity index (χ2n) is 6.96. The van der Waals surface area contributed by atoms with Crippen molar-refractivity contribution in [1.82, 2.24) is 4.98 Å². The van der Waals surface area contributed by atoms with Crippen molar-refractivity contribution in [3.63, 3.8) is 0 Å². The fourth-order valence-electron chi connectivity index (χ4n) is 3.82. The molecule has 0 bridgehead atoms. The summed E-state index contributed by atoms with van der Waals surface area (Å²) in [5.74, 6) is 0.479. The van der Waals surface area contributed by atoms with E-state index in [0.29, 0.717) is 11.4 Å². The van der Waals surface area contributed by atoms with E-state index in [1.165, 1.54) is 0 Å². The standard InChI is InChI=1S/C24H16ClNO2/c25-17-6-4-14(5-7-17)23-13-21(15-2-1-3-18(27)10-15)22-12-16-11-19(28)8-9-20(16)24(22)26-23/h1-11,13,27-28H,12H2. The van der Waals surface area contributed by atoms with Crippen LogP contribution in [-0.2, 0) is 6.42 Å². The minimum atomic E-state index is 0.226. The summed E-state index contributed by atoms with van der Waals surface area (Å²) >= 11 is 6.05. The maximum atomic E-state index is 9.99. The first-order chi connectivity index (χ1) is 13.6. The first-order valence-electron chi connectivity index (χ1n) is 9.00. The average molecular weight is 386 g/mol. The van der Waals surface area contributed by atoms with Gasteiger partial charge in [0.15, 0.2) is 0 Å². The van der Waals surface area contributed by atoms with Gasteiger partial charge in [0.25, 0.3) is 0 Å². The summed E-state index contributed by atoms with van der Waals surface area (Å²) in [5, 5.41) is 20.6. The molecule has 0 atom stereocenters. The Hall–Kier alpha value is -3.30. The van der Waals surface area contributed by atoms with Gasteiger partial charge in [0.05, 0.1) is 11.4 Å². The highest BCUT2D eigenvalue weighted by Crippen LogP contribution is 2.43. The highest BCUT2D eigenvalue weighted by atomic mass is 35.5. The summed E-state index contributed by atoms with van der Waals surface area (Å²) in [4.78, 5) is 4.95. The summed E-state index contributed by atoms with van der Waals surface area (Å²) < 4.78 is 0. The van der Waals surface area contributed by atoms with Gasteiger partial charge in [-0.15, -0.1) is 0 Å². The number of aromatic hydroxyl groups is 2. The molecule has 0 saturated carbocycles. The van der Waals surface area contributed by atoms with Crippen molar-refractivity contribution in [3.8, 4) is 45.1 Å². The molecule has 3 nitrogen and oxygen atoms in total. The van der Waals surface area contributed by atoms with Crippen LogP contribution in [0.2, 0.25) is 5.02 Å². The van der Waals surface area contributed by atoms with Gasteiger partial charge in [0.2, 0.25) is 0 Å². The second kappa shape index (κ2) is 6.39. The Morgan fingerprint density at radius 1 is 0.750 bits per heavy atom. The monoisotopic (exact) mass is 385 g/mol. The van der Waals surface area contributed by atoms with Crippen LogP contribution in [0.15, 0.2) is 72.8 Å². The van der Waals surface area contributed by atoms with E-state index in [2.05, 4.69) is 6.07 Å². The van der Waals surface area contributed by atoms with Gasteiger partial charge in [-0.05, 0) is 70.8 Å². The van der Waals surface area contributed by atoms with E-state index < -0.39 is 0 Å². The van der Waals surface area contributed by atoms with E-state index >= 15 is 0 Å². The van der Waals surface area contributed by atoms with Crippen molar-refractivity contribution in [2.75, 3.05) is 0 Å². The van der Waals surface area contributed by atoms with Gasteiger partial charge in [0, 0.05) is 22.6 Å². The number of hydrogen-bond donors (Lipinski definition) is 2. The number of phenolic OH excluding ortho intramolecular Hbond substituents is 2. The topological polar surface area (TPSA) is 53.4 Å². The van der Waals surface area contributed by atoms with Gasteiger partial charge in [-0.2, -0.15) is 0 Å². The Morgan fingerprint density at radius 3 is 2.32 bits per heavy atom. The number of nitrogens with zero attached hydrogens (tertiary/aromatic N) is 1. The molecule has 0 radical (unpaired) electrons. The van der Waals surface area contributed by atoms with Crippen molar-refractivity contribution >= 4 is 11.6 Å². The Balaban J connectivity index is 1.77. The molecule has 136 valence electrons. The molecular formula is C24H16ClNO2. The maximum absolute atomic E-state index is 9.99. The molecule has 2 N–H and O–H groups in total. The third-order valence-electron chi connectivity index (χ3n) is 5.13. The number of phenols is 2. The van der Waals surface area contributed by atoms with Gasteiger partial charge in [0.1, 0.15) is 11.5 Å². The normalized spacial score (nSPS) is 11.9. The van der Waals surface area contributed by atoms with E-state index in [1.54, 1.807) is 24.3 Å². The molecule has 1 heterocycles. The fraction of sp³-hybridized carbons (Fsp3) is 0.0417. The molecule has 0 spiro atoms. The first kappa shape index (κ1) is 16.8. The number of rotatable bonds is 2. The van der Waals surface area contributed by atoms with E-state index in [0.717, 1.165) is 44.8 Å². The average Bonchev–Trinajstić information content (AvgIpc) is 3.05. The first-order valence-corrected chi connectivity index (χ1v) is 9.38. The lowest BCUT2D eigenvalue weighted by molar-refractivity contribution is 0.474. The lowest BCUT2D eigenvalue weighted by Gasteiger charge is -2.12. The molecular weight excluding hydrogens is 370 g/mol. The Kier molecular flexibility index (Phi) is 3.85. The highest BCUT2D eigenvalue weighted by Gasteiger charge is 2.25. The molecule has 1 aliphatic rings. The number of hydrogen-bond acceptors (Lipinski definition) is 3. The van der Waals surface area contributed by atoms with Crippen molar-refractivity contribution in [1.29, 1.82) is 0 Å². The van der Waals surface area contributed by atoms with Gasteiger partial charge >= 0.3 is 0 Å². The third-order valence-corrected chi connectivity index (χ3v) is 5.38. The summed E-state index contributed by atoms with van der Waals surface area (Å²) in [6, 6.07) is 22.3. The smallest absolute Gasteiger partial charge is 0.116 e. The Labute approximate surface area is 167 Å². The van der Waals surface area contributed by atoms with Crippen LogP contribution in [-0.4, -0.2) is 15.2 Å². The van der Waals surface area contributed by atoms with Crippen molar-refractivity contribution < 1.29 is 10.2 Å². The van der Waals surface area contributed by atoms with Gasteiger partial charge < -0.3 is 10.2 Å². The molecule has 4 aromatic rings. The van der Waals surface area contributed by atoms with Crippen LogP contribution in [0.1, 0.15) is 11.1 Å².